The van der Waals surface area contributed by atoms with Gasteiger partial charge in [-0.15, -0.1) is 5.10 Å². The van der Waals surface area contributed by atoms with Crippen molar-refractivity contribution in [2.75, 3.05) is 5.75 Å². The van der Waals surface area contributed by atoms with Crippen molar-refractivity contribution in [2.45, 2.75) is 13.5 Å². The number of para-hydroxylation sites is 2. The number of thioether (sulfide) groups is 1. The maximum atomic E-state index is 12.4. The summed E-state index contributed by atoms with van der Waals surface area (Å²) in [5.74, 6) is 1.35. The second kappa shape index (κ2) is 7.13. The highest BCUT2D eigenvalue weighted by Crippen LogP contribution is 2.16. The molecule has 0 fully saturated rings. The molecule has 0 bridgehead atoms. The standard InChI is InChI=1S/C19H17N5OS/c1-13-20-15-9-5-6-10-17(15)24(13)11-18(25)21-19-23-22-16(12-26-19)14-7-3-2-4-8-14/h2-10H,11-12H2,1H3,(H,21,23,25). The summed E-state index contributed by atoms with van der Waals surface area (Å²) in [6.07, 6.45) is 0. The number of nitrogens with one attached hydrogen (secondary N) is 1. The van der Waals surface area contributed by atoms with E-state index >= 15 is 0 Å². The maximum Gasteiger partial charge on any atom is 0.245 e. The highest BCUT2D eigenvalue weighted by molar-refractivity contribution is 8.14. The third-order valence-corrected chi connectivity index (χ3v) is 4.98. The van der Waals surface area contributed by atoms with Gasteiger partial charge in [0.2, 0.25) is 5.91 Å². The Morgan fingerprint density at radius 2 is 1.88 bits per heavy atom. The van der Waals surface area contributed by atoms with Crippen LogP contribution in [-0.2, 0) is 11.3 Å². The average molecular weight is 363 g/mol. The van der Waals surface area contributed by atoms with Crippen LogP contribution < -0.4 is 5.32 Å². The summed E-state index contributed by atoms with van der Waals surface area (Å²) >= 11 is 1.48. The summed E-state index contributed by atoms with van der Waals surface area (Å²) in [6, 6.07) is 17.7. The van der Waals surface area contributed by atoms with E-state index in [4.69, 9.17) is 0 Å². The number of rotatable bonds is 3. The summed E-state index contributed by atoms with van der Waals surface area (Å²) in [6.45, 7) is 2.10. The Morgan fingerprint density at radius 1 is 1.12 bits per heavy atom. The summed E-state index contributed by atoms with van der Waals surface area (Å²) in [4.78, 5) is 16.9. The number of nitrogens with zero attached hydrogens (tertiary/aromatic N) is 4. The Morgan fingerprint density at radius 3 is 2.65 bits per heavy atom. The quantitative estimate of drug-likeness (QED) is 0.778. The van der Waals surface area contributed by atoms with E-state index in [0.717, 1.165) is 28.1 Å². The largest absolute Gasteiger partial charge is 0.319 e. The lowest BCUT2D eigenvalue weighted by Crippen LogP contribution is -2.33. The van der Waals surface area contributed by atoms with Crippen LogP contribution in [0.2, 0.25) is 0 Å². The van der Waals surface area contributed by atoms with Gasteiger partial charge in [-0.2, -0.15) is 5.10 Å². The third kappa shape index (κ3) is 3.39. The molecule has 1 amide bonds. The molecule has 0 saturated carbocycles. The summed E-state index contributed by atoms with van der Waals surface area (Å²) in [7, 11) is 0. The molecule has 0 radical (unpaired) electrons. The van der Waals surface area contributed by atoms with Crippen LogP contribution in [0.1, 0.15) is 11.4 Å². The molecule has 1 aromatic heterocycles. The second-order valence-electron chi connectivity index (χ2n) is 5.89. The molecule has 3 aromatic rings. The van der Waals surface area contributed by atoms with Gasteiger partial charge in [-0.25, -0.2) is 4.98 Å². The predicted octanol–water partition coefficient (Wildman–Crippen LogP) is 2.97. The summed E-state index contributed by atoms with van der Waals surface area (Å²) in [5.41, 5.74) is 3.79. The first-order chi connectivity index (χ1) is 12.7. The van der Waals surface area contributed by atoms with E-state index in [1.165, 1.54) is 11.8 Å². The fourth-order valence-electron chi connectivity index (χ4n) is 2.83. The fourth-order valence-corrected chi connectivity index (χ4v) is 3.61. The van der Waals surface area contributed by atoms with Gasteiger partial charge in [-0.05, 0) is 24.6 Å². The van der Waals surface area contributed by atoms with Gasteiger partial charge in [0.05, 0.1) is 16.7 Å². The van der Waals surface area contributed by atoms with Crippen molar-refractivity contribution in [1.29, 1.82) is 0 Å². The van der Waals surface area contributed by atoms with E-state index in [9.17, 15) is 4.79 Å². The van der Waals surface area contributed by atoms with E-state index < -0.39 is 0 Å². The molecule has 0 atom stereocenters. The third-order valence-electron chi connectivity index (χ3n) is 4.11. The number of hydrogen-bond acceptors (Lipinski definition) is 5. The molecule has 4 rings (SSSR count). The number of benzene rings is 2. The number of imidazole rings is 1. The molecule has 0 unspecified atom stereocenters. The number of amides is 1. The minimum Gasteiger partial charge on any atom is -0.319 e. The molecule has 7 heteroatoms. The van der Waals surface area contributed by atoms with Crippen LogP contribution in [0.5, 0.6) is 0 Å². The van der Waals surface area contributed by atoms with Crippen LogP contribution in [-0.4, -0.2) is 32.1 Å². The molecule has 0 saturated heterocycles. The van der Waals surface area contributed by atoms with Crippen molar-refractivity contribution in [3.05, 3.63) is 66.0 Å². The average Bonchev–Trinajstić information content (AvgIpc) is 2.98. The van der Waals surface area contributed by atoms with Gasteiger partial charge in [-0.3, -0.25) is 4.79 Å². The van der Waals surface area contributed by atoms with Crippen molar-refractivity contribution in [2.24, 2.45) is 10.2 Å². The zero-order chi connectivity index (χ0) is 17.9. The van der Waals surface area contributed by atoms with Gasteiger partial charge >= 0.3 is 0 Å². The zero-order valence-electron chi connectivity index (χ0n) is 14.2. The van der Waals surface area contributed by atoms with Crippen LogP contribution in [0.4, 0.5) is 0 Å². The van der Waals surface area contributed by atoms with Crippen LogP contribution in [0.15, 0.2) is 64.8 Å². The molecular formula is C19H17N5OS. The minimum atomic E-state index is -0.138. The minimum absolute atomic E-state index is 0.138. The first-order valence-corrected chi connectivity index (χ1v) is 9.24. The second-order valence-corrected chi connectivity index (χ2v) is 6.85. The Hall–Kier alpha value is -2.93. The van der Waals surface area contributed by atoms with Gasteiger partial charge in [0, 0.05) is 5.75 Å². The van der Waals surface area contributed by atoms with Gasteiger partial charge in [-0.1, -0.05) is 54.2 Å². The molecule has 26 heavy (non-hydrogen) atoms. The van der Waals surface area contributed by atoms with Crippen LogP contribution >= 0.6 is 11.8 Å². The number of carbonyl (C=O) groups excluding carboxylic acids is 1. The number of hydrogen-bond donors (Lipinski definition) is 1. The summed E-state index contributed by atoms with van der Waals surface area (Å²) < 4.78 is 1.90. The Kier molecular flexibility index (Phi) is 4.53. The van der Waals surface area contributed by atoms with Crippen LogP contribution in [0.3, 0.4) is 0 Å². The highest BCUT2D eigenvalue weighted by Gasteiger charge is 2.16. The first-order valence-electron chi connectivity index (χ1n) is 8.25. The molecular weight excluding hydrogens is 346 g/mol. The Bertz CT molecular complexity index is 1020. The number of amidine groups is 1. The van der Waals surface area contributed by atoms with Crippen LogP contribution in [0, 0.1) is 6.92 Å². The lowest BCUT2D eigenvalue weighted by atomic mass is 10.1. The lowest BCUT2D eigenvalue weighted by Gasteiger charge is -2.13. The Labute approximate surface area is 155 Å². The molecule has 1 N–H and O–H groups in total. The van der Waals surface area contributed by atoms with Crippen molar-refractivity contribution in [3.63, 3.8) is 0 Å². The normalized spacial score (nSPS) is 14.0. The SMILES string of the molecule is Cc1nc2ccccc2n1CC(=O)NC1=NN=C(c2ccccc2)CS1. The molecule has 1 aliphatic rings. The number of aromatic nitrogens is 2. The molecule has 0 aliphatic carbocycles. The lowest BCUT2D eigenvalue weighted by molar-refractivity contribution is -0.120. The molecule has 2 aromatic carbocycles. The van der Waals surface area contributed by atoms with E-state index in [1.54, 1.807) is 0 Å². The number of aryl methyl sites for hydroxylation is 1. The zero-order valence-corrected chi connectivity index (χ0v) is 15.0. The number of carbonyl (C=O) groups is 1. The highest BCUT2D eigenvalue weighted by atomic mass is 32.2. The van der Waals surface area contributed by atoms with Crippen LogP contribution in [0.25, 0.3) is 11.0 Å². The topological polar surface area (TPSA) is 71.6 Å². The summed E-state index contributed by atoms with van der Waals surface area (Å²) in [5, 5.41) is 11.8. The predicted molar refractivity (Wildman–Crippen MR) is 105 cm³/mol. The van der Waals surface area contributed by atoms with Crippen molar-refractivity contribution in [3.8, 4) is 0 Å². The molecule has 1 aliphatic heterocycles. The van der Waals surface area contributed by atoms with Crippen molar-refractivity contribution < 1.29 is 4.79 Å². The van der Waals surface area contributed by atoms with E-state index in [-0.39, 0.29) is 12.5 Å². The molecule has 6 nitrogen and oxygen atoms in total. The van der Waals surface area contributed by atoms with Crippen molar-refractivity contribution >= 4 is 39.6 Å². The maximum absolute atomic E-state index is 12.4. The molecule has 0 spiro atoms. The van der Waals surface area contributed by atoms with E-state index in [1.807, 2.05) is 66.1 Å². The molecule has 130 valence electrons. The smallest absolute Gasteiger partial charge is 0.245 e. The molecule has 2 heterocycles. The van der Waals surface area contributed by atoms with Crippen molar-refractivity contribution in [1.82, 2.24) is 14.9 Å². The van der Waals surface area contributed by atoms with Gasteiger partial charge in [0.1, 0.15) is 12.4 Å². The van der Waals surface area contributed by atoms with Gasteiger partial charge in [0.15, 0.2) is 5.17 Å². The Balaban J connectivity index is 1.46. The van der Waals surface area contributed by atoms with Gasteiger partial charge in [0.25, 0.3) is 0 Å². The first kappa shape index (κ1) is 16.5. The number of fused-ring (bicyclic) bond motifs is 1. The van der Waals surface area contributed by atoms with Gasteiger partial charge < -0.3 is 9.88 Å². The fraction of sp³-hybridized carbons (Fsp3) is 0.158. The van der Waals surface area contributed by atoms with E-state index in [0.29, 0.717) is 10.9 Å². The van der Waals surface area contributed by atoms with E-state index in [2.05, 4.69) is 20.5 Å². The monoisotopic (exact) mass is 363 g/mol.